The van der Waals surface area contributed by atoms with Gasteiger partial charge in [-0.1, -0.05) is 24.3 Å². The Kier molecular flexibility index (Phi) is 5.77. The minimum absolute atomic E-state index is 0.0422. The highest BCUT2D eigenvalue weighted by molar-refractivity contribution is 7.18. The van der Waals surface area contributed by atoms with Crippen molar-refractivity contribution in [2.45, 2.75) is 19.3 Å². The number of carbonyl (C=O) groups excluding carboxylic acids is 1. The number of halogens is 1. The zero-order valence-corrected chi connectivity index (χ0v) is 17.3. The van der Waals surface area contributed by atoms with E-state index in [9.17, 15) is 14.0 Å². The van der Waals surface area contributed by atoms with E-state index in [0.29, 0.717) is 12.8 Å². The highest BCUT2D eigenvalue weighted by Crippen LogP contribution is 2.30. The van der Waals surface area contributed by atoms with Crippen molar-refractivity contribution in [3.05, 3.63) is 82.6 Å². The van der Waals surface area contributed by atoms with Gasteiger partial charge in [-0.3, -0.25) is 4.79 Å². The molecule has 0 aliphatic rings. The third-order valence-corrected chi connectivity index (χ3v) is 6.00. The lowest BCUT2D eigenvalue weighted by Crippen LogP contribution is -2.05. The molecule has 5 nitrogen and oxygen atoms in total. The number of nitrogen functional groups attached to an aromatic ring is 1. The number of hydrogen-bond donors (Lipinski definition) is 2. The molecular weight excluding hydrogens is 415 g/mol. The summed E-state index contributed by atoms with van der Waals surface area (Å²) in [6.45, 7) is 0. The molecule has 0 unspecified atom stereocenters. The number of carboxylic acid groups (broad SMARTS) is 1. The van der Waals surface area contributed by atoms with Gasteiger partial charge in [0.25, 0.3) is 0 Å². The second kappa shape index (κ2) is 8.65. The topological polar surface area (TPSA) is 93.3 Å². The van der Waals surface area contributed by atoms with Gasteiger partial charge in [0, 0.05) is 6.42 Å². The Morgan fingerprint density at radius 2 is 1.81 bits per heavy atom. The van der Waals surface area contributed by atoms with Crippen LogP contribution >= 0.6 is 11.3 Å². The number of hydrogen-bond acceptors (Lipinski definition) is 5. The van der Waals surface area contributed by atoms with Crippen LogP contribution in [0, 0.1) is 5.82 Å². The normalized spacial score (nSPS) is 11.0. The molecule has 0 aliphatic carbocycles. The van der Waals surface area contributed by atoms with E-state index in [1.54, 1.807) is 18.2 Å². The lowest BCUT2D eigenvalue weighted by molar-refractivity contribution is -0.118. The number of nitrogens with two attached hydrogens (primary N) is 1. The van der Waals surface area contributed by atoms with Crippen molar-refractivity contribution in [1.82, 2.24) is 4.98 Å². The van der Waals surface area contributed by atoms with E-state index in [-0.39, 0.29) is 23.5 Å². The second-order valence-electron chi connectivity index (χ2n) is 7.25. The molecule has 0 atom stereocenters. The van der Waals surface area contributed by atoms with Gasteiger partial charge in [0.1, 0.15) is 16.6 Å². The zero-order chi connectivity index (χ0) is 22.0. The molecule has 0 saturated carbocycles. The van der Waals surface area contributed by atoms with E-state index in [2.05, 4.69) is 4.98 Å². The van der Waals surface area contributed by atoms with Gasteiger partial charge in [0.2, 0.25) is 0 Å². The minimum atomic E-state index is -0.983. The van der Waals surface area contributed by atoms with Crippen LogP contribution in [0.5, 0.6) is 0 Å². The molecule has 156 valence electrons. The Hall–Kier alpha value is -3.58. The highest BCUT2D eigenvalue weighted by atomic mass is 32.1. The number of aromatic carboxylic acids is 1. The maximum Gasteiger partial charge on any atom is 0.335 e. The molecule has 0 bridgehead atoms. The lowest BCUT2D eigenvalue weighted by atomic mass is 10.0. The number of aromatic nitrogens is 1. The number of Topliss-reactive ketones (excluding diaryl/α,β-unsaturated/α-hetero) is 1. The summed E-state index contributed by atoms with van der Waals surface area (Å²) < 4.78 is 14.7. The number of ketones is 1. The summed E-state index contributed by atoms with van der Waals surface area (Å²) >= 11 is 1.44. The summed E-state index contributed by atoms with van der Waals surface area (Å²) in [5.74, 6) is -1.40. The highest BCUT2D eigenvalue weighted by Gasteiger charge is 2.12. The molecular formula is C24H19FN2O3S. The zero-order valence-electron chi connectivity index (χ0n) is 16.5. The molecule has 0 radical (unpaired) electrons. The van der Waals surface area contributed by atoms with Crippen LogP contribution in [0.15, 0.2) is 60.7 Å². The molecule has 0 fully saturated rings. The summed E-state index contributed by atoms with van der Waals surface area (Å²) in [5, 5.41) is 9.79. The molecule has 1 heterocycles. The first-order valence-corrected chi connectivity index (χ1v) is 10.5. The summed E-state index contributed by atoms with van der Waals surface area (Å²) in [7, 11) is 0. The molecule has 1 aromatic heterocycles. The number of rotatable bonds is 7. The minimum Gasteiger partial charge on any atom is -0.478 e. The molecule has 3 N–H and O–H groups in total. The largest absolute Gasteiger partial charge is 0.478 e. The van der Waals surface area contributed by atoms with Crippen molar-refractivity contribution in [2.75, 3.05) is 5.73 Å². The van der Waals surface area contributed by atoms with Crippen LogP contribution in [0.4, 0.5) is 10.1 Å². The van der Waals surface area contributed by atoms with Gasteiger partial charge < -0.3 is 10.8 Å². The predicted molar refractivity (Wildman–Crippen MR) is 120 cm³/mol. The summed E-state index contributed by atoms with van der Waals surface area (Å²) in [6, 6.07) is 17.0. The lowest BCUT2D eigenvalue weighted by Gasteiger charge is -2.03. The smallest absolute Gasteiger partial charge is 0.335 e. The Morgan fingerprint density at radius 3 is 2.58 bits per heavy atom. The van der Waals surface area contributed by atoms with Gasteiger partial charge in [0.15, 0.2) is 0 Å². The average molecular weight is 434 g/mol. The van der Waals surface area contributed by atoms with Crippen LogP contribution < -0.4 is 5.73 Å². The van der Waals surface area contributed by atoms with E-state index in [1.807, 2.05) is 24.3 Å². The maximum absolute atomic E-state index is 13.8. The van der Waals surface area contributed by atoms with Gasteiger partial charge >= 0.3 is 5.97 Å². The second-order valence-corrected chi connectivity index (χ2v) is 8.36. The van der Waals surface area contributed by atoms with E-state index in [4.69, 9.17) is 10.8 Å². The number of benzene rings is 3. The SMILES string of the molecule is Nc1ccc(-c2ccc3nc(CC(=O)CCc4cccc(C(=O)O)c4)sc3c2)cc1F. The average Bonchev–Trinajstić information content (AvgIpc) is 3.15. The third kappa shape index (κ3) is 4.78. The molecule has 7 heteroatoms. The van der Waals surface area contributed by atoms with E-state index in [0.717, 1.165) is 31.9 Å². The molecule has 0 saturated heterocycles. The van der Waals surface area contributed by atoms with Crippen molar-refractivity contribution in [2.24, 2.45) is 0 Å². The first kappa shape index (κ1) is 20.7. The Morgan fingerprint density at radius 1 is 1.03 bits per heavy atom. The molecule has 31 heavy (non-hydrogen) atoms. The van der Waals surface area contributed by atoms with Crippen LogP contribution in [0.3, 0.4) is 0 Å². The number of carbonyl (C=O) groups is 2. The van der Waals surface area contributed by atoms with Crippen molar-refractivity contribution in [1.29, 1.82) is 0 Å². The van der Waals surface area contributed by atoms with Crippen LogP contribution in [-0.4, -0.2) is 21.8 Å². The fourth-order valence-corrected chi connectivity index (χ4v) is 4.37. The van der Waals surface area contributed by atoms with E-state index < -0.39 is 11.8 Å². The fraction of sp³-hybridized carbons (Fsp3) is 0.125. The number of aryl methyl sites for hydroxylation is 1. The van der Waals surface area contributed by atoms with E-state index in [1.165, 1.54) is 29.5 Å². The molecule has 4 rings (SSSR count). The van der Waals surface area contributed by atoms with E-state index >= 15 is 0 Å². The number of carboxylic acids is 1. The van der Waals surface area contributed by atoms with Crippen LogP contribution in [-0.2, 0) is 17.6 Å². The molecule has 3 aromatic carbocycles. The van der Waals surface area contributed by atoms with Crippen molar-refractivity contribution in [3.63, 3.8) is 0 Å². The van der Waals surface area contributed by atoms with Crippen LogP contribution in [0.1, 0.15) is 27.3 Å². The third-order valence-electron chi connectivity index (χ3n) is 4.98. The van der Waals surface area contributed by atoms with Crippen molar-refractivity contribution < 1.29 is 19.1 Å². The first-order chi connectivity index (χ1) is 14.9. The van der Waals surface area contributed by atoms with Crippen LogP contribution in [0.2, 0.25) is 0 Å². The number of nitrogens with zero attached hydrogens (tertiary/aromatic N) is 1. The maximum atomic E-state index is 13.8. The molecule has 0 spiro atoms. The Bertz CT molecular complexity index is 1300. The van der Waals surface area contributed by atoms with Crippen LogP contribution in [0.25, 0.3) is 21.3 Å². The number of anilines is 1. The van der Waals surface area contributed by atoms with Gasteiger partial charge in [-0.25, -0.2) is 14.2 Å². The quantitative estimate of drug-likeness (QED) is 0.394. The summed E-state index contributed by atoms with van der Waals surface area (Å²) in [5.41, 5.74) is 9.06. The van der Waals surface area contributed by atoms with Crippen molar-refractivity contribution >= 4 is 39.0 Å². The van der Waals surface area contributed by atoms with Gasteiger partial charge in [-0.2, -0.15) is 0 Å². The van der Waals surface area contributed by atoms with Crippen molar-refractivity contribution in [3.8, 4) is 11.1 Å². The Labute approximate surface area is 182 Å². The summed E-state index contributed by atoms with van der Waals surface area (Å²) in [6.07, 6.45) is 1.02. The Balaban J connectivity index is 1.45. The predicted octanol–water partition coefficient (Wildman–Crippen LogP) is 5.13. The number of fused-ring (bicyclic) bond motifs is 1. The van der Waals surface area contributed by atoms with Gasteiger partial charge in [-0.15, -0.1) is 11.3 Å². The molecule has 0 amide bonds. The molecule has 0 aliphatic heterocycles. The summed E-state index contributed by atoms with van der Waals surface area (Å²) in [4.78, 5) is 28.0. The first-order valence-electron chi connectivity index (χ1n) is 9.68. The fourth-order valence-electron chi connectivity index (χ4n) is 3.33. The standard InChI is InChI=1S/C24H19FN2O3S/c25-19-11-15(5-8-20(19)26)16-6-9-21-22(12-16)31-23(27-21)13-18(28)7-4-14-2-1-3-17(10-14)24(29)30/h1-3,5-6,8-12H,4,7,13,26H2,(H,29,30). The van der Waals surface area contributed by atoms with Gasteiger partial charge in [-0.05, 0) is 59.5 Å². The van der Waals surface area contributed by atoms with Gasteiger partial charge in [0.05, 0.1) is 27.9 Å². The monoisotopic (exact) mass is 434 g/mol. The number of thiazole rings is 1. The molecule has 4 aromatic rings.